The molecule has 0 spiro atoms. The van der Waals surface area contributed by atoms with Crippen molar-refractivity contribution in [3.63, 3.8) is 0 Å². The van der Waals surface area contributed by atoms with E-state index < -0.39 is 27.0 Å². The number of hydrogen-bond acceptors (Lipinski definition) is 6. The SMILES string of the molecule is O=C1OC(c2ccc3ccccc3c2)=CN(S(=O)(=O)c2ccc([N+](=O)[O-])cc2)[C@@H]1Cc1ccccc1. The van der Waals surface area contributed by atoms with Crippen LogP contribution in [0.25, 0.3) is 16.5 Å². The summed E-state index contributed by atoms with van der Waals surface area (Å²) in [5.74, 6) is -0.615. The van der Waals surface area contributed by atoms with E-state index in [0.29, 0.717) is 5.56 Å². The van der Waals surface area contributed by atoms with E-state index in [4.69, 9.17) is 4.74 Å². The van der Waals surface area contributed by atoms with Gasteiger partial charge in [0.15, 0.2) is 5.76 Å². The number of non-ortho nitro benzene ring substituents is 1. The summed E-state index contributed by atoms with van der Waals surface area (Å²) >= 11 is 0. The highest BCUT2D eigenvalue weighted by molar-refractivity contribution is 7.89. The second kappa shape index (κ2) is 9.27. The first-order valence-electron chi connectivity index (χ1n) is 11.1. The van der Waals surface area contributed by atoms with Gasteiger partial charge in [0, 0.05) is 24.1 Å². The van der Waals surface area contributed by atoms with Gasteiger partial charge >= 0.3 is 5.97 Å². The Balaban J connectivity index is 1.60. The van der Waals surface area contributed by atoms with Crippen LogP contribution in [-0.2, 0) is 26.0 Å². The van der Waals surface area contributed by atoms with E-state index in [2.05, 4.69) is 0 Å². The summed E-state index contributed by atoms with van der Waals surface area (Å²) in [4.78, 5) is 23.5. The lowest BCUT2D eigenvalue weighted by molar-refractivity contribution is -0.384. The Bertz CT molecular complexity index is 1600. The van der Waals surface area contributed by atoms with E-state index in [1.165, 1.54) is 6.20 Å². The van der Waals surface area contributed by atoms with Gasteiger partial charge in [-0.05, 0) is 34.5 Å². The van der Waals surface area contributed by atoms with E-state index in [9.17, 15) is 23.3 Å². The number of carbonyl (C=O) groups is 1. The first-order valence-corrected chi connectivity index (χ1v) is 12.5. The Hall–Kier alpha value is -4.50. The molecule has 4 aromatic rings. The third kappa shape index (κ3) is 4.44. The third-order valence-corrected chi connectivity index (χ3v) is 7.75. The minimum Gasteiger partial charge on any atom is -0.423 e. The first-order chi connectivity index (χ1) is 17.3. The Labute approximate surface area is 207 Å². The van der Waals surface area contributed by atoms with Crippen LogP contribution in [-0.4, -0.2) is 29.7 Å². The van der Waals surface area contributed by atoms with Gasteiger partial charge in [-0.15, -0.1) is 0 Å². The molecule has 9 heteroatoms. The second-order valence-corrected chi connectivity index (χ2v) is 10.1. The van der Waals surface area contributed by atoms with Crippen molar-refractivity contribution < 1.29 is 22.9 Å². The number of nitro groups is 1. The molecule has 0 fully saturated rings. The average Bonchev–Trinajstić information content (AvgIpc) is 2.90. The lowest BCUT2D eigenvalue weighted by Crippen LogP contribution is -2.46. The summed E-state index contributed by atoms with van der Waals surface area (Å²) < 4.78 is 34.1. The van der Waals surface area contributed by atoms with Gasteiger partial charge in [-0.3, -0.25) is 14.4 Å². The van der Waals surface area contributed by atoms with E-state index in [1.54, 1.807) is 30.3 Å². The molecule has 1 aliphatic heterocycles. The summed E-state index contributed by atoms with van der Waals surface area (Å²) in [5.41, 5.74) is 1.07. The highest BCUT2D eigenvalue weighted by Crippen LogP contribution is 2.32. The van der Waals surface area contributed by atoms with Crippen molar-refractivity contribution >= 4 is 38.2 Å². The normalized spacial score (nSPS) is 15.9. The topological polar surface area (TPSA) is 107 Å². The Kier molecular flexibility index (Phi) is 5.99. The number of hydrogen-bond donors (Lipinski definition) is 0. The quantitative estimate of drug-likeness (QED) is 0.212. The molecule has 5 rings (SSSR count). The number of benzene rings is 4. The lowest BCUT2D eigenvalue weighted by atomic mass is 10.0. The molecule has 0 radical (unpaired) electrons. The van der Waals surface area contributed by atoms with Crippen molar-refractivity contribution in [1.82, 2.24) is 4.31 Å². The molecule has 1 heterocycles. The van der Waals surface area contributed by atoms with Gasteiger partial charge in [-0.25, -0.2) is 13.2 Å². The fourth-order valence-corrected chi connectivity index (χ4v) is 5.55. The maximum Gasteiger partial charge on any atom is 0.335 e. The zero-order valence-electron chi connectivity index (χ0n) is 18.9. The lowest BCUT2D eigenvalue weighted by Gasteiger charge is -2.33. The Morgan fingerprint density at radius 2 is 1.53 bits per heavy atom. The number of cyclic esters (lactones) is 1. The van der Waals surface area contributed by atoms with Gasteiger partial charge in [0.1, 0.15) is 6.04 Å². The fraction of sp³-hybridized carbons (Fsp3) is 0.0741. The maximum atomic E-state index is 13.7. The molecule has 0 saturated heterocycles. The number of nitrogens with zero attached hydrogens (tertiary/aromatic N) is 2. The molecule has 8 nitrogen and oxygen atoms in total. The van der Waals surface area contributed by atoms with Gasteiger partial charge in [0.25, 0.3) is 15.7 Å². The van der Waals surface area contributed by atoms with E-state index in [1.807, 2.05) is 42.5 Å². The predicted octanol–water partition coefficient (Wildman–Crippen LogP) is 4.91. The van der Waals surface area contributed by atoms with Crippen molar-refractivity contribution in [2.45, 2.75) is 17.4 Å². The summed E-state index contributed by atoms with van der Waals surface area (Å²) in [7, 11) is -4.26. The molecule has 1 aliphatic rings. The van der Waals surface area contributed by atoms with Crippen LogP contribution in [0.15, 0.2) is 108 Å². The van der Waals surface area contributed by atoms with Gasteiger partial charge in [0.05, 0.1) is 16.0 Å². The zero-order chi connectivity index (χ0) is 25.3. The van der Waals surface area contributed by atoms with Crippen LogP contribution in [0.4, 0.5) is 5.69 Å². The van der Waals surface area contributed by atoms with Crippen LogP contribution in [0.5, 0.6) is 0 Å². The highest BCUT2D eigenvalue weighted by Gasteiger charge is 2.39. The molecule has 0 aliphatic carbocycles. The summed E-state index contributed by atoms with van der Waals surface area (Å²) in [5, 5.41) is 12.9. The first kappa shape index (κ1) is 23.3. The number of esters is 1. The monoisotopic (exact) mass is 500 g/mol. The molecule has 0 N–H and O–H groups in total. The zero-order valence-corrected chi connectivity index (χ0v) is 19.7. The molecule has 0 bridgehead atoms. The Morgan fingerprint density at radius 1 is 0.861 bits per heavy atom. The predicted molar refractivity (Wildman–Crippen MR) is 134 cm³/mol. The number of rotatable bonds is 6. The average molecular weight is 501 g/mol. The van der Waals surface area contributed by atoms with Crippen molar-refractivity contribution in [1.29, 1.82) is 0 Å². The van der Waals surface area contributed by atoms with Crippen molar-refractivity contribution in [3.8, 4) is 0 Å². The third-order valence-electron chi connectivity index (χ3n) is 5.96. The van der Waals surface area contributed by atoms with Crippen LogP contribution in [0.2, 0.25) is 0 Å². The molecule has 0 aromatic heterocycles. The minimum atomic E-state index is -4.26. The smallest absolute Gasteiger partial charge is 0.335 e. The highest BCUT2D eigenvalue weighted by atomic mass is 32.2. The Morgan fingerprint density at radius 3 is 2.22 bits per heavy atom. The fourth-order valence-electron chi connectivity index (χ4n) is 4.10. The standard InChI is InChI=1S/C27H20N2O6S/c30-27-25(16-19-6-2-1-3-7-19)28(36(33,34)24-14-12-23(13-15-24)29(31)32)18-26(35-27)22-11-10-20-8-4-5-9-21(20)17-22/h1-15,17-18,25H,16H2/t25-/m1/s1. The molecule has 1 atom stereocenters. The van der Waals surface area contributed by atoms with Crippen molar-refractivity contribution in [3.05, 3.63) is 125 Å². The number of nitro benzene ring substituents is 1. The molecule has 0 saturated carbocycles. The van der Waals surface area contributed by atoms with Crippen molar-refractivity contribution in [2.24, 2.45) is 0 Å². The molecule has 0 unspecified atom stereocenters. The van der Waals surface area contributed by atoms with Crippen LogP contribution >= 0.6 is 0 Å². The van der Waals surface area contributed by atoms with E-state index >= 15 is 0 Å². The molecular weight excluding hydrogens is 480 g/mol. The number of fused-ring (bicyclic) bond motifs is 1. The summed E-state index contributed by atoms with van der Waals surface area (Å²) in [6.45, 7) is 0. The van der Waals surface area contributed by atoms with Gasteiger partial charge in [-0.2, -0.15) is 0 Å². The molecule has 0 amide bonds. The molecule has 4 aromatic carbocycles. The van der Waals surface area contributed by atoms with Crippen LogP contribution in [0.3, 0.4) is 0 Å². The molecular formula is C27H20N2O6S. The number of carbonyl (C=O) groups excluding carboxylic acids is 1. The van der Waals surface area contributed by atoms with E-state index in [-0.39, 0.29) is 22.8 Å². The van der Waals surface area contributed by atoms with Crippen LogP contribution in [0, 0.1) is 10.1 Å². The van der Waals surface area contributed by atoms with Gasteiger partial charge in [0.2, 0.25) is 0 Å². The molecule has 180 valence electrons. The molecule has 36 heavy (non-hydrogen) atoms. The number of sulfonamides is 1. The summed E-state index contributed by atoms with van der Waals surface area (Å²) in [6.07, 6.45) is 1.41. The number of ether oxygens (including phenoxy) is 1. The van der Waals surface area contributed by atoms with Gasteiger partial charge < -0.3 is 4.74 Å². The minimum absolute atomic E-state index is 0.0907. The van der Waals surface area contributed by atoms with Gasteiger partial charge in [-0.1, -0.05) is 66.7 Å². The van der Waals surface area contributed by atoms with E-state index in [0.717, 1.165) is 44.9 Å². The van der Waals surface area contributed by atoms with Crippen LogP contribution < -0.4 is 0 Å². The maximum absolute atomic E-state index is 13.7. The summed E-state index contributed by atoms with van der Waals surface area (Å²) in [6, 6.07) is 25.5. The van der Waals surface area contributed by atoms with Crippen molar-refractivity contribution in [2.75, 3.05) is 0 Å². The largest absolute Gasteiger partial charge is 0.423 e. The second-order valence-electron chi connectivity index (χ2n) is 8.27. The van der Waals surface area contributed by atoms with Crippen LogP contribution in [0.1, 0.15) is 11.1 Å².